The van der Waals surface area contributed by atoms with E-state index in [1.807, 2.05) is 6.07 Å². The van der Waals surface area contributed by atoms with Crippen molar-refractivity contribution < 1.29 is 14.8 Å². The third-order valence-electron chi connectivity index (χ3n) is 2.64. The molecule has 0 bridgehead atoms. The van der Waals surface area contributed by atoms with E-state index >= 15 is 0 Å². The zero-order valence-electron chi connectivity index (χ0n) is 10.3. The number of aromatic carboxylic acids is 1. The number of hydrogen-bond acceptors (Lipinski definition) is 6. The second kappa shape index (κ2) is 5.79. The van der Waals surface area contributed by atoms with Crippen LogP contribution in [0.1, 0.15) is 15.9 Å². The topological polar surface area (TPSA) is 108 Å². The standard InChI is InChI=1S/C13H11N3O4/c17-13(18)10-3-4-11(12(6-10)16(19)20)15-8-9-2-1-5-14-7-9/h1-7,15H,8H2,(H,17,18)/p-1. The van der Waals surface area contributed by atoms with Gasteiger partial charge in [-0.3, -0.25) is 15.1 Å². The largest absolute Gasteiger partial charge is 0.545 e. The van der Waals surface area contributed by atoms with Gasteiger partial charge in [0.05, 0.1) is 10.9 Å². The summed E-state index contributed by atoms with van der Waals surface area (Å²) >= 11 is 0. The van der Waals surface area contributed by atoms with Crippen LogP contribution in [0.5, 0.6) is 0 Å². The van der Waals surface area contributed by atoms with Crippen molar-refractivity contribution in [2.24, 2.45) is 0 Å². The number of nitrogens with zero attached hydrogens (tertiary/aromatic N) is 2. The van der Waals surface area contributed by atoms with Gasteiger partial charge >= 0.3 is 0 Å². The van der Waals surface area contributed by atoms with Crippen LogP contribution in [-0.2, 0) is 6.54 Å². The predicted octanol–water partition coefficient (Wildman–Crippen LogP) is 0.965. The van der Waals surface area contributed by atoms with Crippen LogP contribution in [0.2, 0.25) is 0 Å². The summed E-state index contributed by atoms with van der Waals surface area (Å²) in [4.78, 5) is 24.9. The fraction of sp³-hybridized carbons (Fsp3) is 0.0769. The first kappa shape index (κ1) is 13.5. The van der Waals surface area contributed by atoms with E-state index in [-0.39, 0.29) is 16.9 Å². The molecule has 0 saturated carbocycles. The Morgan fingerprint density at radius 1 is 1.35 bits per heavy atom. The number of rotatable bonds is 5. The van der Waals surface area contributed by atoms with Crippen LogP contribution in [0.4, 0.5) is 11.4 Å². The number of anilines is 1. The number of nitro groups is 1. The molecule has 0 unspecified atom stereocenters. The van der Waals surface area contributed by atoms with E-state index in [1.165, 1.54) is 12.1 Å². The molecule has 7 nitrogen and oxygen atoms in total. The minimum absolute atomic E-state index is 0.233. The lowest BCUT2D eigenvalue weighted by Gasteiger charge is -2.09. The van der Waals surface area contributed by atoms with Gasteiger partial charge in [-0.25, -0.2) is 0 Å². The zero-order valence-corrected chi connectivity index (χ0v) is 10.3. The maximum absolute atomic E-state index is 10.9. The first-order chi connectivity index (χ1) is 9.58. The second-order valence-electron chi connectivity index (χ2n) is 3.99. The van der Waals surface area contributed by atoms with Crippen molar-refractivity contribution >= 4 is 17.3 Å². The number of aromatic nitrogens is 1. The highest BCUT2D eigenvalue weighted by molar-refractivity contribution is 5.88. The van der Waals surface area contributed by atoms with E-state index in [0.717, 1.165) is 11.6 Å². The lowest BCUT2D eigenvalue weighted by Crippen LogP contribution is -2.22. The van der Waals surface area contributed by atoms with Gasteiger partial charge in [0.1, 0.15) is 5.69 Å². The van der Waals surface area contributed by atoms with Crippen LogP contribution in [0.3, 0.4) is 0 Å². The molecule has 0 aliphatic carbocycles. The van der Waals surface area contributed by atoms with Crippen molar-refractivity contribution in [2.75, 3.05) is 5.32 Å². The van der Waals surface area contributed by atoms with E-state index < -0.39 is 10.9 Å². The Morgan fingerprint density at radius 3 is 2.75 bits per heavy atom. The van der Waals surface area contributed by atoms with Crippen LogP contribution in [0, 0.1) is 10.1 Å². The van der Waals surface area contributed by atoms with Gasteiger partial charge in [0.15, 0.2) is 0 Å². The molecule has 102 valence electrons. The van der Waals surface area contributed by atoms with Gasteiger partial charge in [0, 0.05) is 30.6 Å². The van der Waals surface area contributed by atoms with E-state index in [4.69, 9.17) is 0 Å². The summed E-state index contributed by atoms with van der Waals surface area (Å²) in [6.45, 7) is 0.347. The number of pyridine rings is 1. The molecule has 0 spiro atoms. The SMILES string of the molecule is O=C([O-])c1ccc(NCc2cccnc2)c([N+](=O)[O-])c1. The van der Waals surface area contributed by atoms with E-state index in [0.29, 0.717) is 6.54 Å². The van der Waals surface area contributed by atoms with Crippen LogP contribution < -0.4 is 10.4 Å². The van der Waals surface area contributed by atoms with E-state index in [2.05, 4.69) is 10.3 Å². The highest BCUT2D eigenvalue weighted by atomic mass is 16.6. The molecule has 0 fully saturated rings. The number of carbonyl (C=O) groups is 1. The van der Waals surface area contributed by atoms with Gasteiger partial charge in [-0.05, 0) is 17.7 Å². The molecule has 0 atom stereocenters. The van der Waals surface area contributed by atoms with Gasteiger partial charge < -0.3 is 15.2 Å². The molecule has 2 aromatic rings. The summed E-state index contributed by atoms with van der Waals surface area (Å²) in [6, 6.07) is 7.15. The average Bonchev–Trinajstić information content (AvgIpc) is 2.45. The number of carboxylic acids is 1. The zero-order chi connectivity index (χ0) is 14.5. The van der Waals surface area contributed by atoms with Gasteiger partial charge in [-0.15, -0.1) is 0 Å². The second-order valence-corrected chi connectivity index (χ2v) is 3.99. The van der Waals surface area contributed by atoms with Crippen molar-refractivity contribution in [3.05, 3.63) is 64.0 Å². The fourth-order valence-electron chi connectivity index (χ4n) is 1.66. The molecule has 1 N–H and O–H groups in total. The Bertz CT molecular complexity index is 643. The van der Waals surface area contributed by atoms with Gasteiger partial charge in [0.25, 0.3) is 5.69 Å². The first-order valence-corrected chi connectivity index (χ1v) is 5.70. The summed E-state index contributed by atoms with van der Waals surface area (Å²) in [6.07, 6.45) is 3.26. The summed E-state index contributed by atoms with van der Waals surface area (Å²) in [5, 5.41) is 24.5. The molecule has 7 heteroatoms. The van der Waals surface area contributed by atoms with Crippen LogP contribution >= 0.6 is 0 Å². The summed E-state index contributed by atoms with van der Waals surface area (Å²) in [5.41, 5.74) is 0.550. The smallest absolute Gasteiger partial charge is 0.292 e. The first-order valence-electron chi connectivity index (χ1n) is 5.70. The molecule has 0 aliphatic heterocycles. The lowest BCUT2D eigenvalue weighted by molar-refractivity contribution is -0.384. The number of carboxylic acid groups (broad SMARTS) is 1. The minimum Gasteiger partial charge on any atom is -0.545 e. The maximum atomic E-state index is 10.9. The number of nitro benzene ring substituents is 1. The third kappa shape index (κ3) is 3.08. The monoisotopic (exact) mass is 272 g/mol. The normalized spacial score (nSPS) is 10.0. The minimum atomic E-state index is -1.45. The van der Waals surface area contributed by atoms with Crippen molar-refractivity contribution in [1.82, 2.24) is 4.98 Å². The molecule has 1 aromatic carbocycles. The fourth-order valence-corrected chi connectivity index (χ4v) is 1.66. The van der Waals surface area contributed by atoms with Crippen molar-refractivity contribution in [1.29, 1.82) is 0 Å². The third-order valence-corrected chi connectivity index (χ3v) is 2.64. The molecular weight excluding hydrogens is 262 g/mol. The van der Waals surface area contributed by atoms with Crippen LogP contribution in [-0.4, -0.2) is 15.9 Å². The molecule has 20 heavy (non-hydrogen) atoms. The molecular formula is C13H10N3O4-. The number of benzene rings is 1. The molecule has 1 aromatic heterocycles. The van der Waals surface area contributed by atoms with Crippen LogP contribution in [0.15, 0.2) is 42.7 Å². The Balaban J connectivity index is 2.23. The summed E-state index contributed by atoms with van der Waals surface area (Å²) in [7, 11) is 0. The van der Waals surface area contributed by atoms with Crippen molar-refractivity contribution in [3.8, 4) is 0 Å². The molecule has 0 aliphatic rings. The molecule has 0 radical (unpaired) electrons. The highest BCUT2D eigenvalue weighted by Gasteiger charge is 2.14. The van der Waals surface area contributed by atoms with Gasteiger partial charge in [0.2, 0.25) is 0 Å². The molecule has 1 heterocycles. The molecule has 0 saturated heterocycles. The lowest BCUT2D eigenvalue weighted by atomic mass is 10.1. The van der Waals surface area contributed by atoms with Gasteiger partial charge in [-0.1, -0.05) is 12.1 Å². The molecule has 0 amide bonds. The Morgan fingerprint density at radius 2 is 2.15 bits per heavy atom. The molecule has 2 rings (SSSR count). The number of hydrogen-bond donors (Lipinski definition) is 1. The highest BCUT2D eigenvalue weighted by Crippen LogP contribution is 2.25. The summed E-state index contributed by atoms with van der Waals surface area (Å²) in [5.74, 6) is -1.45. The Kier molecular flexibility index (Phi) is 3.90. The maximum Gasteiger partial charge on any atom is 0.292 e. The van der Waals surface area contributed by atoms with Crippen molar-refractivity contribution in [3.63, 3.8) is 0 Å². The quantitative estimate of drug-likeness (QED) is 0.641. The Hall–Kier alpha value is -2.96. The average molecular weight is 272 g/mol. The van der Waals surface area contributed by atoms with Gasteiger partial charge in [-0.2, -0.15) is 0 Å². The number of nitrogens with one attached hydrogen (secondary N) is 1. The predicted molar refractivity (Wildman–Crippen MR) is 69.0 cm³/mol. The number of carbonyl (C=O) groups excluding carboxylic acids is 1. The Labute approximate surface area is 114 Å². The van der Waals surface area contributed by atoms with E-state index in [1.54, 1.807) is 18.5 Å². The van der Waals surface area contributed by atoms with Crippen LogP contribution in [0.25, 0.3) is 0 Å². The van der Waals surface area contributed by atoms with Crippen molar-refractivity contribution in [2.45, 2.75) is 6.54 Å². The summed E-state index contributed by atoms with van der Waals surface area (Å²) < 4.78 is 0. The van der Waals surface area contributed by atoms with E-state index in [9.17, 15) is 20.0 Å².